The second-order valence-corrected chi connectivity index (χ2v) is 4.01. The molecule has 0 saturated heterocycles. The zero-order valence-electron chi connectivity index (χ0n) is 10.2. The Labute approximate surface area is 109 Å². The normalized spacial score (nSPS) is 10.3. The van der Waals surface area contributed by atoms with Crippen LogP contribution in [0.4, 0.5) is 0 Å². The van der Waals surface area contributed by atoms with Crippen molar-refractivity contribution in [1.29, 1.82) is 5.26 Å². The van der Waals surface area contributed by atoms with Gasteiger partial charge in [-0.3, -0.25) is 4.40 Å². The van der Waals surface area contributed by atoms with E-state index in [0.717, 1.165) is 17.1 Å². The first kappa shape index (κ1) is 11.2. The summed E-state index contributed by atoms with van der Waals surface area (Å²) < 4.78 is 7.04. The van der Waals surface area contributed by atoms with Crippen LogP contribution in [0.2, 0.25) is 0 Å². The van der Waals surface area contributed by atoms with Crippen LogP contribution < -0.4 is 4.74 Å². The molecule has 19 heavy (non-hydrogen) atoms. The molecule has 0 unspecified atom stereocenters. The molecule has 3 rings (SSSR count). The number of nitriles is 1. The molecule has 0 fully saturated rings. The smallest absolute Gasteiger partial charge is 0.168 e. The first-order valence-electron chi connectivity index (χ1n) is 5.71. The van der Waals surface area contributed by atoms with E-state index in [-0.39, 0.29) is 0 Å². The minimum atomic E-state index is 0.567. The lowest BCUT2D eigenvalue weighted by atomic mass is 10.2. The number of fused-ring (bicyclic) bond motifs is 1. The minimum absolute atomic E-state index is 0.567. The Balaban J connectivity index is 2.17. The summed E-state index contributed by atoms with van der Waals surface area (Å²) in [4.78, 5) is 0. The zero-order chi connectivity index (χ0) is 13.2. The standard InChI is InChI=1S/C14H10N4O/c1-19-12-4-2-3-11(8-12)14-17-16-13-7-10(9-15)5-6-18(13)14/h2-8H,1H3. The maximum atomic E-state index is 8.87. The van der Waals surface area contributed by atoms with Crippen LogP contribution in [0.3, 0.4) is 0 Å². The molecule has 0 aliphatic heterocycles. The fraction of sp³-hybridized carbons (Fsp3) is 0.0714. The third kappa shape index (κ3) is 1.89. The number of pyridine rings is 1. The van der Waals surface area contributed by atoms with Gasteiger partial charge < -0.3 is 4.74 Å². The molecular weight excluding hydrogens is 240 g/mol. The molecule has 3 aromatic rings. The van der Waals surface area contributed by atoms with Gasteiger partial charge in [-0.2, -0.15) is 5.26 Å². The van der Waals surface area contributed by atoms with Gasteiger partial charge in [0.2, 0.25) is 0 Å². The lowest BCUT2D eigenvalue weighted by Gasteiger charge is -2.03. The quantitative estimate of drug-likeness (QED) is 0.700. The molecule has 0 aliphatic rings. The first-order valence-corrected chi connectivity index (χ1v) is 5.71. The van der Waals surface area contributed by atoms with Gasteiger partial charge in [0.25, 0.3) is 0 Å². The van der Waals surface area contributed by atoms with Crippen molar-refractivity contribution >= 4 is 5.65 Å². The molecule has 5 heteroatoms. The number of hydrogen-bond donors (Lipinski definition) is 0. The molecule has 0 amide bonds. The first-order chi connectivity index (χ1) is 9.31. The summed E-state index contributed by atoms with van der Waals surface area (Å²) in [6, 6.07) is 13.1. The van der Waals surface area contributed by atoms with Crippen LogP contribution in [0.5, 0.6) is 5.75 Å². The summed E-state index contributed by atoms with van der Waals surface area (Å²) in [6.07, 6.45) is 1.79. The zero-order valence-corrected chi connectivity index (χ0v) is 10.2. The molecule has 0 N–H and O–H groups in total. The predicted octanol–water partition coefficient (Wildman–Crippen LogP) is 2.28. The van der Waals surface area contributed by atoms with E-state index in [0.29, 0.717) is 11.2 Å². The Kier molecular flexibility index (Phi) is 2.62. The van der Waals surface area contributed by atoms with Crippen molar-refractivity contribution in [3.63, 3.8) is 0 Å². The van der Waals surface area contributed by atoms with Crippen LogP contribution in [0.15, 0.2) is 42.6 Å². The lowest BCUT2D eigenvalue weighted by molar-refractivity contribution is 0.415. The average molecular weight is 250 g/mol. The van der Waals surface area contributed by atoms with E-state index in [9.17, 15) is 0 Å². The van der Waals surface area contributed by atoms with Gasteiger partial charge in [-0.15, -0.1) is 10.2 Å². The molecule has 0 atom stereocenters. The highest BCUT2D eigenvalue weighted by atomic mass is 16.5. The van der Waals surface area contributed by atoms with E-state index < -0.39 is 0 Å². The fourth-order valence-electron chi connectivity index (χ4n) is 1.92. The minimum Gasteiger partial charge on any atom is -0.497 e. The van der Waals surface area contributed by atoms with E-state index in [1.807, 2.05) is 28.7 Å². The number of rotatable bonds is 2. The second kappa shape index (κ2) is 4.42. The average Bonchev–Trinajstić information content (AvgIpc) is 2.90. The molecule has 5 nitrogen and oxygen atoms in total. The van der Waals surface area contributed by atoms with Crippen molar-refractivity contribution in [3.8, 4) is 23.2 Å². The summed E-state index contributed by atoms with van der Waals surface area (Å²) in [6.45, 7) is 0. The van der Waals surface area contributed by atoms with Gasteiger partial charge in [-0.1, -0.05) is 12.1 Å². The molecule has 0 aliphatic carbocycles. The van der Waals surface area contributed by atoms with Crippen LogP contribution in [0, 0.1) is 11.3 Å². The number of aromatic nitrogens is 3. The molecule has 0 bridgehead atoms. The maximum Gasteiger partial charge on any atom is 0.168 e. The van der Waals surface area contributed by atoms with E-state index in [1.54, 1.807) is 25.4 Å². The van der Waals surface area contributed by atoms with Gasteiger partial charge in [0.1, 0.15) is 5.75 Å². The highest BCUT2D eigenvalue weighted by Crippen LogP contribution is 2.22. The van der Waals surface area contributed by atoms with E-state index in [2.05, 4.69) is 16.3 Å². The van der Waals surface area contributed by atoms with E-state index >= 15 is 0 Å². The number of ether oxygens (including phenoxy) is 1. The monoisotopic (exact) mass is 250 g/mol. The van der Waals surface area contributed by atoms with Gasteiger partial charge >= 0.3 is 0 Å². The summed E-state index contributed by atoms with van der Waals surface area (Å²) in [5.74, 6) is 1.49. The lowest BCUT2D eigenvalue weighted by Crippen LogP contribution is -1.90. The number of hydrogen-bond acceptors (Lipinski definition) is 4. The Hall–Kier alpha value is -2.87. The van der Waals surface area contributed by atoms with Gasteiger partial charge in [0.15, 0.2) is 11.5 Å². The van der Waals surface area contributed by atoms with Crippen molar-refractivity contribution in [3.05, 3.63) is 48.2 Å². The topological polar surface area (TPSA) is 63.2 Å². The second-order valence-electron chi connectivity index (χ2n) is 4.01. The Morgan fingerprint density at radius 1 is 1.21 bits per heavy atom. The van der Waals surface area contributed by atoms with Crippen molar-refractivity contribution in [2.24, 2.45) is 0 Å². The van der Waals surface area contributed by atoms with Gasteiger partial charge in [0, 0.05) is 17.8 Å². The number of benzene rings is 1. The van der Waals surface area contributed by atoms with Crippen LogP contribution >= 0.6 is 0 Å². The van der Waals surface area contributed by atoms with Gasteiger partial charge in [0.05, 0.1) is 18.7 Å². The number of methoxy groups -OCH3 is 1. The highest BCUT2D eigenvalue weighted by Gasteiger charge is 2.09. The van der Waals surface area contributed by atoms with Crippen LogP contribution in [-0.4, -0.2) is 21.7 Å². The predicted molar refractivity (Wildman–Crippen MR) is 69.7 cm³/mol. The summed E-state index contributed by atoms with van der Waals surface area (Å²) in [5.41, 5.74) is 2.13. The van der Waals surface area contributed by atoms with Crippen LogP contribution in [-0.2, 0) is 0 Å². The Morgan fingerprint density at radius 3 is 2.89 bits per heavy atom. The summed E-state index contributed by atoms with van der Waals surface area (Å²) >= 11 is 0. The van der Waals surface area contributed by atoms with E-state index in [4.69, 9.17) is 10.00 Å². The van der Waals surface area contributed by atoms with Crippen molar-refractivity contribution in [2.45, 2.75) is 0 Å². The molecule has 0 radical (unpaired) electrons. The Morgan fingerprint density at radius 2 is 2.11 bits per heavy atom. The summed E-state index contributed by atoms with van der Waals surface area (Å²) in [5, 5.41) is 17.1. The van der Waals surface area contributed by atoms with Gasteiger partial charge in [-0.25, -0.2) is 0 Å². The summed E-state index contributed by atoms with van der Waals surface area (Å²) in [7, 11) is 1.63. The third-order valence-electron chi connectivity index (χ3n) is 2.87. The highest BCUT2D eigenvalue weighted by molar-refractivity contribution is 5.62. The molecule has 1 aromatic carbocycles. The molecular formula is C14H10N4O. The Bertz CT molecular complexity index is 785. The fourth-order valence-corrected chi connectivity index (χ4v) is 1.92. The molecule has 2 aromatic heterocycles. The molecule has 0 saturated carbocycles. The van der Waals surface area contributed by atoms with E-state index in [1.165, 1.54) is 0 Å². The largest absolute Gasteiger partial charge is 0.497 e. The van der Waals surface area contributed by atoms with Crippen molar-refractivity contribution < 1.29 is 4.74 Å². The van der Waals surface area contributed by atoms with Crippen molar-refractivity contribution in [1.82, 2.24) is 14.6 Å². The van der Waals surface area contributed by atoms with Crippen LogP contribution in [0.1, 0.15) is 5.56 Å². The number of nitrogens with zero attached hydrogens (tertiary/aromatic N) is 4. The van der Waals surface area contributed by atoms with Gasteiger partial charge in [-0.05, 0) is 18.2 Å². The third-order valence-corrected chi connectivity index (χ3v) is 2.87. The van der Waals surface area contributed by atoms with Crippen molar-refractivity contribution in [2.75, 3.05) is 7.11 Å². The SMILES string of the molecule is COc1cccc(-c2nnc3cc(C#N)ccn23)c1. The van der Waals surface area contributed by atoms with Crippen LogP contribution in [0.25, 0.3) is 17.0 Å². The molecule has 0 spiro atoms. The molecule has 92 valence electrons. The maximum absolute atomic E-state index is 8.87. The molecule has 2 heterocycles.